The highest BCUT2D eigenvalue weighted by Crippen LogP contribution is 2.39. The first-order chi connectivity index (χ1) is 51.8. The van der Waals surface area contributed by atoms with E-state index in [1.54, 1.807) is 0 Å². The maximum absolute atomic E-state index is 6.19. The molecule has 0 N–H and O–H groups in total. The van der Waals surface area contributed by atoms with Gasteiger partial charge < -0.3 is 9.31 Å². The summed E-state index contributed by atoms with van der Waals surface area (Å²) in [5.74, 6) is 6.69. The molecule has 0 saturated carbocycles. The van der Waals surface area contributed by atoms with Gasteiger partial charge in [0.25, 0.3) is 0 Å². The van der Waals surface area contributed by atoms with Crippen molar-refractivity contribution >= 4 is 67.2 Å². The average molecular weight is 1390 g/mol. The Morgan fingerprint density at radius 3 is 0.907 bits per heavy atom. The minimum absolute atomic E-state index is 0. The molecule has 518 valence electrons. The number of para-hydroxylation sites is 9. The van der Waals surface area contributed by atoms with E-state index in [9.17, 15) is 0 Å². The van der Waals surface area contributed by atoms with Crippen LogP contribution in [0.2, 0.25) is 0 Å². The van der Waals surface area contributed by atoms with Crippen LogP contribution in [0.4, 0.5) is 0 Å². The molecular weight excluding hydrogens is 1320 g/mol. The van der Waals surface area contributed by atoms with Crippen LogP contribution in [0, 0.1) is 13.8 Å². The summed E-state index contributed by atoms with van der Waals surface area (Å²) < 4.78 is 19.0. The van der Waals surface area contributed by atoms with Gasteiger partial charge in [-0.15, -0.1) is 0 Å². The van der Waals surface area contributed by atoms with E-state index >= 15 is 0 Å². The molecule has 15 heteroatoms. The lowest BCUT2D eigenvalue weighted by atomic mass is 9.79. The molecule has 107 heavy (non-hydrogen) atoms. The second kappa shape index (κ2) is 28.8. The fourth-order valence-corrected chi connectivity index (χ4v) is 13.6. The molecule has 0 aliphatic carbocycles. The monoisotopic (exact) mass is 1390 g/mol. The van der Waals surface area contributed by atoms with Crippen molar-refractivity contribution in [1.29, 1.82) is 0 Å². The lowest BCUT2D eigenvalue weighted by Gasteiger charge is -2.32. The fraction of sp³-hybridized carbons (Fsp3) is 0.0978. The molecule has 1 aliphatic rings. The summed E-state index contributed by atoms with van der Waals surface area (Å²) in [6, 6.07) is 110. The number of imidazole rings is 3. The molecule has 0 unspecified atom stereocenters. The highest BCUT2D eigenvalue weighted by Gasteiger charge is 2.51. The third-order valence-corrected chi connectivity index (χ3v) is 19.7. The highest BCUT2D eigenvalue weighted by atomic mass is 16.7. The van der Waals surface area contributed by atoms with Gasteiger partial charge in [-0.3, -0.25) is 13.7 Å². The molecule has 0 radical (unpaired) electrons. The van der Waals surface area contributed by atoms with Crippen LogP contribution in [-0.4, -0.2) is 76.9 Å². The van der Waals surface area contributed by atoms with Crippen molar-refractivity contribution in [1.82, 2.24) is 58.6 Å². The maximum atomic E-state index is 6.19. The second-order valence-electron chi connectivity index (χ2n) is 27.3. The number of benzene rings is 13. The molecule has 0 atom stereocenters. The highest BCUT2D eigenvalue weighted by molar-refractivity contribution is 6.62. The van der Waals surface area contributed by atoms with Crippen LogP contribution in [0.3, 0.4) is 0 Å². The van der Waals surface area contributed by atoms with E-state index in [1.807, 2.05) is 62.4 Å². The van der Waals surface area contributed by atoms with Crippen LogP contribution in [0.5, 0.6) is 0 Å². The standard InChI is InChI=1S/C51H33N7.C25H25BN2O2.C15H13N3.CH4/c1-3-15-41(16-4-1)57-45-21-11-9-19-43(45)52-50(57)37-28-24-35(25-29-37)47-54-48(56-49(55-47)40-32-23-34-13-7-8-14-39(34)33-40)36-26-30-38(31-27-36)51-53-44-20-10-12-22-46(44)58(51)42-17-5-2-6-18-42;1-24(2)25(3,4)30-26(29-24)19-16-14-18(15-17-19)23-27-21-12-8-9-13-22(21)28(23)20-10-6-5-7-11-20;1-10-16-11(2)18-15(17-10)14-8-7-12-5-3-4-6-13(12)9-14;/h1-33H;5-17H,1-4H3;3-9H,1-2H3;1H4. The van der Waals surface area contributed by atoms with Crippen LogP contribution < -0.4 is 5.46 Å². The van der Waals surface area contributed by atoms with Gasteiger partial charge in [0.05, 0.1) is 44.3 Å². The zero-order valence-corrected chi connectivity index (χ0v) is 59.4. The first-order valence-electron chi connectivity index (χ1n) is 35.5. The van der Waals surface area contributed by atoms with Gasteiger partial charge in [-0.1, -0.05) is 244 Å². The summed E-state index contributed by atoms with van der Waals surface area (Å²) in [7, 11) is -0.364. The van der Waals surface area contributed by atoms with Gasteiger partial charge >= 0.3 is 7.12 Å². The van der Waals surface area contributed by atoms with E-state index < -0.39 is 0 Å². The Hall–Kier alpha value is -13.2. The lowest BCUT2D eigenvalue weighted by Crippen LogP contribution is -2.41. The summed E-state index contributed by atoms with van der Waals surface area (Å²) in [6.45, 7) is 12.1. The van der Waals surface area contributed by atoms with Crippen LogP contribution in [-0.2, 0) is 9.31 Å². The minimum Gasteiger partial charge on any atom is -0.399 e. The molecule has 1 saturated heterocycles. The van der Waals surface area contributed by atoms with Crippen LogP contribution in [0.1, 0.15) is 46.8 Å². The third-order valence-electron chi connectivity index (χ3n) is 19.7. The Balaban J connectivity index is 0.000000147. The SMILES string of the molecule is C.CC1(C)OB(c2ccc(-c3nc4ccccc4n3-c3ccccc3)cc2)OC1(C)C.Cc1nc(C)nc(-c2ccc3ccccc3c2)n1.c1ccc(-n2c(-c3ccc(-c4nc(-c5ccc(-c6nc7ccccc7n6-c6ccccc6)cc5)nc(-c5ccc6ccccc6c5)n4)cc3)nc3ccccc32)cc1. The number of aryl methyl sites for hydroxylation is 2. The summed E-state index contributed by atoms with van der Waals surface area (Å²) in [5, 5.41) is 4.71. The van der Waals surface area contributed by atoms with Gasteiger partial charge in [0.2, 0.25) is 0 Å². The first-order valence-corrected chi connectivity index (χ1v) is 35.5. The van der Waals surface area contributed by atoms with Gasteiger partial charge in [0, 0.05) is 56.0 Å². The van der Waals surface area contributed by atoms with E-state index in [0.29, 0.717) is 17.5 Å². The van der Waals surface area contributed by atoms with Crippen molar-refractivity contribution < 1.29 is 9.31 Å². The number of nitrogens with zero attached hydrogens (tertiary/aromatic N) is 12. The molecule has 19 rings (SSSR count). The van der Waals surface area contributed by atoms with Crippen LogP contribution in [0.25, 0.3) is 151 Å². The first kappa shape index (κ1) is 68.2. The average Bonchev–Trinajstić information content (AvgIpc) is 1.64. The molecule has 0 bridgehead atoms. The zero-order chi connectivity index (χ0) is 71.9. The van der Waals surface area contributed by atoms with E-state index in [1.165, 1.54) is 10.8 Å². The number of rotatable bonds is 11. The Morgan fingerprint density at radius 1 is 0.262 bits per heavy atom. The maximum Gasteiger partial charge on any atom is 0.494 e. The van der Waals surface area contributed by atoms with Gasteiger partial charge in [-0.2, -0.15) is 0 Å². The summed E-state index contributed by atoms with van der Waals surface area (Å²) in [5.41, 5.74) is 16.3. The van der Waals surface area contributed by atoms with Crippen molar-refractivity contribution in [2.75, 3.05) is 0 Å². The zero-order valence-electron chi connectivity index (χ0n) is 59.4. The second-order valence-corrected chi connectivity index (χ2v) is 27.3. The van der Waals surface area contributed by atoms with Gasteiger partial charge in [0.1, 0.15) is 29.1 Å². The third kappa shape index (κ3) is 13.6. The number of fused-ring (bicyclic) bond motifs is 5. The van der Waals surface area contributed by atoms with Crippen molar-refractivity contribution in [3.8, 4) is 96.8 Å². The molecular formula is C92H75BN12O2. The summed E-state index contributed by atoms with van der Waals surface area (Å²) in [4.78, 5) is 43.3. The Kier molecular flexibility index (Phi) is 18.4. The summed E-state index contributed by atoms with van der Waals surface area (Å²) >= 11 is 0. The van der Waals surface area contributed by atoms with E-state index in [2.05, 4.69) is 329 Å². The van der Waals surface area contributed by atoms with Crippen molar-refractivity contribution in [3.63, 3.8) is 0 Å². The Bertz CT molecular complexity index is 6030. The van der Waals surface area contributed by atoms with E-state index in [-0.39, 0.29) is 25.7 Å². The molecule has 0 amide bonds. The van der Waals surface area contributed by atoms with Gasteiger partial charge in [0.15, 0.2) is 23.3 Å². The predicted molar refractivity (Wildman–Crippen MR) is 435 cm³/mol. The molecule has 13 aromatic carbocycles. The van der Waals surface area contributed by atoms with E-state index in [0.717, 1.165) is 140 Å². The molecule has 1 aliphatic heterocycles. The number of hydrogen-bond donors (Lipinski definition) is 0. The van der Waals surface area contributed by atoms with Crippen molar-refractivity contribution in [2.24, 2.45) is 0 Å². The Morgan fingerprint density at radius 2 is 0.542 bits per heavy atom. The molecule has 1 fully saturated rings. The number of aromatic nitrogens is 12. The molecule has 18 aromatic rings. The molecule has 6 heterocycles. The smallest absolute Gasteiger partial charge is 0.399 e. The molecule has 14 nitrogen and oxygen atoms in total. The van der Waals surface area contributed by atoms with Crippen LogP contribution in [0.15, 0.2) is 322 Å². The topological polar surface area (TPSA) is 149 Å². The minimum atomic E-state index is -0.364. The van der Waals surface area contributed by atoms with Crippen molar-refractivity contribution in [3.05, 3.63) is 333 Å². The lowest BCUT2D eigenvalue weighted by molar-refractivity contribution is 0.00578. The molecule has 5 aromatic heterocycles. The van der Waals surface area contributed by atoms with Gasteiger partial charge in [-0.05, 0) is 153 Å². The van der Waals surface area contributed by atoms with E-state index in [4.69, 9.17) is 39.2 Å². The predicted octanol–water partition coefficient (Wildman–Crippen LogP) is 21.0. The van der Waals surface area contributed by atoms with Crippen LogP contribution >= 0.6 is 0 Å². The fourth-order valence-electron chi connectivity index (χ4n) is 13.6. The van der Waals surface area contributed by atoms with Crippen molar-refractivity contribution in [2.45, 2.75) is 60.2 Å². The van der Waals surface area contributed by atoms with Gasteiger partial charge in [-0.25, -0.2) is 44.9 Å². The largest absolute Gasteiger partial charge is 0.494 e. The summed E-state index contributed by atoms with van der Waals surface area (Å²) in [6.07, 6.45) is 0. The quantitative estimate of drug-likeness (QED) is 0.114. The molecule has 0 spiro atoms. The Labute approximate surface area is 621 Å². The number of hydrogen-bond acceptors (Lipinski definition) is 11. The normalized spacial score (nSPS) is 12.9.